The molecule has 0 aromatic rings. The van der Waals surface area contributed by atoms with Crippen molar-refractivity contribution < 1.29 is 0 Å². The van der Waals surface area contributed by atoms with Crippen molar-refractivity contribution in [1.82, 2.24) is 0 Å². The van der Waals surface area contributed by atoms with Gasteiger partial charge in [0.15, 0.2) is 0 Å². The summed E-state index contributed by atoms with van der Waals surface area (Å²) in [6.07, 6.45) is 42.0. The zero-order valence-electron chi connectivity index (χ0n) is 15.4. The molecule has 0 radical (unpaired) electrons. The van der Waals surface area contributed by atoms with Gasteiger partial charge in [0.25, 0.3) is 0 Å². The maximum Gasteiger partial charge on any atom is -0.0348 e. The van der Waals surface area contributed by atoms with Crippen molar-refractivity contribution in [3.05, 3.63) is 72.9 Å². The van der Waals surface area contributed by atoms with E-state index in [1.807, 2.05) is 0 Å². The van der Waals surface area contributed by atoms with E-state index in [1.165, 1.54) is 77.0 Å². The fourth-order valence-corrected chi connectivity index (χ4v) is 2.80. The molecule has 0 atom stereocenters. The molecule has 132 valence electrons. The molecule has 0 heteroatoms. The number of rotatable bonds is 0. The molecule has 1 rings (SSSR count). The molecular formula is C24H36. The number of allylic oxidation sites excluding steroid dienone is 12. The second kappa shape index (κ2) is 17.8. The molecule has 0 bridgehead atoms. The van der Waals surface area contributed by atoms with Crippen molar-refractivity contribution in [1.29, 1.82) is 0 Å². The summed E-state index contributed by atoms with van der Waals surface area (Å²) in [6.45, 7) is 0. The SMILES string of the molecule is C1=C\C=C/C=C\CCCCCCCCCCCC\C=C/C=C\C=C/1. The summed E-state index contributed by atoms with van der Waals surface area (Å²) in [4.78, 5) is 0. The Morgan fingerprint density at radius 1 is 0.250 bits per heavy atom. The first-order valence-electron chi connectivity index (χ1n) is 9.98. The molecule has 0 amide bonds. The van der Waals surface area contributed by atoms with Crippen molar-refractivity contribution in [2.24, 2.45) is 0 Å². The topological polar surface area (TPSA) is 0 Å². The Bertz CT molecular complexity index is 387. The fourth-order valence-electron chi connectivity index (χ4n) is 2.80. The van der Waals surface area contributed by atoms with Crippen LogP contribution in [0.4, 0.5) is 0 Å². The minimum atomic E-state index is 1.21. The van der Waals surface area contributed by atoms with Crippen LogP contribution in [0.2, 0.25) is 0 Å². The first-order chi connectivity index (χ1) is 12.0. The van der Waals surface area contributed by atoms with Crippen LogP contribution in [0.3, 0.4) is 0 Å². The molecule has 0 saturated carbocycles. The number of hydrogen-bond donors (Lipinski definition) is 0. The third-order valence-corrected chi connectivity index (χ3v) is 4.26. The maximum atomic E-state index is 2.29. The molecule has 1 aliphatic carbocycles. The van der Waals surface area contributed by atoms with Gasteiger partial charge in [0.2, 0.25) is 0 Å². The second-order valence-electron chi connectivity index (χ2n) is 6.51. The van der Waals surface area contributed by atoms with Crippen molar-refractivity contribution in [3.8, 4) is 0 Å². The Kier molecular flexibility index (Phi) is 15.2. The van der Waals surface area contributed by atoms with Gasteiger partial charge in [-0.1, -0.05) is 124 Å². The van der Waals surface area contributed by atoms with E-state index < -0.39 is 0 Å². The molecule has 1 aliphatic rings. The van der Waals surface area contributed by atoms with Gasteiger partial charge in [0.1, 0.15) is 0 Å². The summed E-state index contributed by atoms with van der Waals surface area (Å²) in [5.74, 6) is 0. The van der Waals surface area contributed by atoms with E-state index in [0.29, 0.717) is 0 Å². The van der Waals surface area contributed by atoms with E-state index in [1.54, 1.807) is 0 Å². The van der Waals surface area contributed by atoms with Gasteiger partial charge in [-0.05, 0) is 25.7 Å². The molecular weight excluding hydrogens is 288 g/mol. The van der Waals surface area contributed by atoms with Gasteiger partial charge < -0.3 is 0 Å². The molecule has 0 aromatic heterocycles. The summed E-state index contributed by atoms with van der Waals surface area (Å²) >= 11 is 0. The fraction of sp³-hybridized carbons (Fsp3) is 0.500. The van der Waals surface area contributed by atoms with E-state index in [4.69, 9.17) is 0 Å². The Balaban J connectivity index is 2.31. The standard InChI is InChI=1S/C24H36/c1-2-4-6-8-10-12-14-16-18-20-22-24-23-21-19-17-15-13-11-9-7-5-3-1/h1-12H,13-24H2/b3-1-,4-2-,7-5-,8-6-,11-9-,12-10-. The van der Waals surface area contributed by atoms with Crippen LogP contribution in [0.1, 0.15) is 77.0 Å². The zero-order chi connectivity index (χ0) is 17.0. The predicted octanol–water partition coefficient (Wildman–Crippen LogP) is 8.02. The van der Waals surface area contributed by atoms with Gasteiger partial charge in [-0.2, -0.15) is 0 Å². The van der Waals surface area contributed by atoms with Gasteiger partial charge in [0.05, 0.1) is 0 Å². The second-order valence-corrected chi connectivity index (χ2v) is 6.51. The van der Waals surface area contributed by atoms with Crippen molar-refractivity contribution in [2.75, 3.05) is 0 Å². The predicted molar refractivity (Wildman–Crippen MR) is 110 cm³/mol. The molecule has 0 aliphatic heterocycles. The van der Waals surface area contributed by atoms with Gasteiger partial charge in [0, 0.05) is 0 Å². The van der Waals surface area contributed by atoms with Crippen LogP contribution < -0.4 is 0 Å². The average Bonchev–Trinajstić information content (AvgIpc) is 2.59. The van der Waals surface area contributed by atoms with Crippen LogP contribution in [0.15, 0.2) is 72.9 Å². The molecule has 0 fully saturated rings. The van der Waals surface area contributed by atoms with E-state index >= 15 is 0 Å². The minimum Gasteiger partial charge on any atom is -0.0845 e. The Labute approximate surface area is 150 Å². The quantitative estimate of drug-likeness (QED) is 0.423. The Hall–Kier alpha value is -1.56. The van der Waals surface area contributed by atoms with Crippen LogP contribution in [0.25, 0.3) is 0 Å². The lowest BCUT2D eigenvalue weighted by Gasteiger charge is -2.01. The van der Waals surface area contributed by atoms with Crippen LogP contribution in [-0.2, 0) is 0 Å². The van der Waals surface area contributed by atoms with Gasteiger partial charge in [-0.3, -0.25) is 0 Å². The molecule has 0 unspecified atom stereocenters. The summed E-state index contributed by atoms with van der Waals surface area (Å²) in [7, 11) is 0. The van der Waals surface area contributed by atoms with Crippen LogP contribution in [0.5, 0.6) is 0 Å². The average molecular weight is 325 g/mol. The zero-order valence-corrected chi connectivity index (χ0v) is 15.4. The monoisotopic (exact) mass is 324 g/mol. The summed E-state index contributed by atoms with van der Waals surface area (Å²) in [5.41, 5.74) is 0. The summed E-state index contributed by atoms with van der Waals surface area (Å²) in [5, 5.41) is 0. The highest BCUT2D eigenvalue weighted by Crippen LogP contribution is 2.12. The Morgan fingerprint density at radius 3 is 0.833 bits per heavy atom. The minimum absolute atomic E-state index is 1.21. The molecule has 24 heavy (non-hydrogen) atoms. The Morgan fingerprint density at radius 2 is 0.500 bits per heavy atom. The van der Waals surface area contributed by atoms with Gasteiger partial charge >= 0.3 is 0 Å². The van der Waals surface area contributed by atoms with E-state index in [0.717, 1.165) is 0 Å². The lowest BCUT2D eigenvalue weighted by molar-refractivity contribution is 0.553. The largest absolute Gasteiger partial charge is 0.0845 e. The lowest BCUT2D eigenvalue weighted by atomic mass is 10.0. The molecule has 0 N–H and O–H groups in total. The smallest absolute Gasteiger partial charge is 0.0348 e. The third kappa shape index (κ3) is 15.3. The van der Waals surface area contributed by atoms with Crippen molar-refractivity contribution >= 4 is 0 Å². The molecule has 0 spiro atoms. The van der Waals surface area contributed by atoms with Gasteiger partial charge in [-0.25, -0.2) is 0 Å². The van der Waals surface area contributed by atoms with E-state index in [-0.39, 0.29) is 0 Å². The summed E-state index contributed by atoms with van der Waals surface area (Å²) < 4.78 is 0. The highest BCUT2D eigenvalue weighted by atomic mass is 14.0. The molecule has 0 nitrogen and oxygen atoms in total. The highest BCUT2D eigenvalue weighted by molar-refractivity contribution is 5.19. The lowest BCUT2D eigenvalue weighted by Crippen LogP contribution is -1.82. The summed E-state index contributed by atoms with van der Waals surface area (Å²) in [6, 6.07) is 0. The van der Waals surface area contributed by atoms with Crippen LogP contribution in [-0.4, -0.2) is 0 Å². The van der Waals surface area contributed by atoms with Crippen molar-refractivity contribution in [2.45, 2.75) is 77.0 Å². The third-order valence-electron chi connectivity index (χ3n) is 4.26. The normalized spacial score (nSPS) is 28.0. The first-order valence-corrected chi connectivity index (χ1v) is 9.98. The molecule has 0 aromatic carbocycles. The molecule has 0 heterocycles. The highest BCUT2D eigenvalue weighted by Gasteiger charge is 1.92. The first kappa shape index (κ1) is 20.5. The molecule has 0 saturated heterocycles. The van der Waals surface area contributed by atoms with E-state index in [2.05, 4.69) is 72.9 Å². The van der Waals surface area contributed by atoms with Gasteiger partial charge in [-0.15, -0.1) is 0 Å². The van der Waals surface area contributed by atoms with Crippen LogP contribution >= 0.6 is 0 Å². The van der Waals surface area contributed by atoms with Crippen molar-refractivity contribution in [3.63, 3.8) is 0 Å². The maximum absolute atomic E-state index is 2.29. The number of hydrogen-bond acceptors (Lipinski definition) is 0. The van der Waals surface area contributed by atoms with Crippen LogP contribution in [0, 0.1) is 0 Å². The van der Waals surface area contributed by atoms with E-state index in [9.17, 15) is 0 Å².